The number of rotatable bonds is 6. The van der Waals surface area contributed by atoms with Crippen molar-refractivity contribution in [1.29, 1.82) is 0 Å². The molecule has 6 nitrogen and oxygen atoms in total. The molecule has 0 atom stereocenters. The van der Waals surface area contributed by atoms with Crippen LogP contribution in [-0.2, 0) is 16.1 Å². The highest BCUT2D eigenvalue weighted by atomic mass is 32.1. The van der Waals surface area contributed by atoms with Gasteiger partial charge in [0, 0.05) is 22.6 Å². The van der Waals surface area contributed by atoms with Gasteiger partial charge in [-0.3, -0.25) is 14.9 Å². The van der Waals surface area contributed by atoms with Crippen LogP contribution < -0.4 is 10.6 Å². The molecule has 0 saturated carbocycles. The lowest BCUT2D eigenvalue weighted by Gasteiger charge is -2.05. The second kappa shape index (κ2) is 7.64. The fourth-order valence-corrected chi connectivity index (χ4v) is 2.53. The van der Waals surface area contributed by atoms with Gasteiger partial charge in [-0.2, -0.15) is 0 Å². The van der Waals surface area contributed by atoms with Gasteiger partial charge in [0.2, 0.25) is 5.91 Å². The number of carbonyl (C=O) groups excluding carboxylic acids is 2. The Morgan fingerprint density at radius 1 is 1.25 bits per heavy atom. The van der Waals surface area contributed by atoms with Gasteiger partial charge < -0.3 is 10.4 Å². The minimum Gasteiger partial charge on any atom is -0.481 e. The number of amides is 3. The molecule has 3 N–H and O–H groups in total. The lowest BCUT2D eigenvalue weighted by molar-refractivity contribution is -0.137. The topological polar surface area (TPSA) is 95.5 Å². The number of thiophene rings is 1. The second-order valence-corrected chi connectivity index (χ2v) is 5.77. The summed E-state index contributed by atoms with van der Waals surface area (Å²) in [7, 11) is 0. The Balaban J connectivity index is 2.26. The SMILES string of the molecule is Cc1cc(CNC(=O)NC(=O)CCCC(=O)O)sc1C. The Labute approximate surface area is 121 Å². The van der Waals surface area contributed by atoms with Crippen molar-refractivity contribution >= 4 is 29.2 Å². The van der Waals surface area contributed by atoms with Crippen LogP contribution in [0.15, 0.2) is 6.07 Å². The zero-order chi connectivity index (χ0) is 15.1. The summed E-state index contributed by atoms with van der Waals surface area (Å²) < 4.78 is 0. The summed E-state index contributed by atoms with van der Waals surface area (Å²) in [4.78, 5) is 35.3. The zero-order valence-corrected chi connectivity index (χ0v) is 12.3. The summed E-state index contributed by atoms with van der Waals surface area (Å²) in [6, 6.07) is 1.43. The van der Waals surface area contributed by atoms with Gasteiger partial charge in [0.05, 0.1) is 6.54 Å². The number of hydrogen-bond acceptors (Lipinski definition) is 4. The van der Waals surface area contributed by atoms with E-state index in [-0.39, 0.29) is 19.3 Å². The summed E-state index contributed by atoms with van der Waals surface area (Å²) in [6.45, 7) is 4.38. The van der Waals surface area contributed by atoms with E-state index in [9.17, 15) is 14.4 Å². The van der Waals surface area contributed by atoms with E-state index >= 15 is 0 Å². The summed E-state index contributed by atoms with van der Waals surface area (Å²) in [5, 5.41) is 13.2. The third-order valence-corrected chi connectivity index (χ3v) is 3.84. The molecule has 110 valence electrons. The predicted octanol–water partition coefficient (Wildman–Crippen LogP) is 1.95. The minimum absolute atomic E-state index is 0.0247. The Hall–Kier alpha value is -1.89. The number of carboxylic acid groups (broad SMARTS) is 1. The standard InChI is InChI=1S/C13H18N2O4S/c1-8-6-10(20-9(8)2)7-14-13(19)15-11(16)4-3-5-12(17)18/h6H,3-5,7H2,1-2H3,(H,17,18)(H2,14,15,16,19). The van der Waals surface area contributed by atoms with Crippen LogP contribution in [-0.4, -0.2) is 23.0 Å². The van der Waals surface area contributed by atoms with E-state index in [2.05, 4.69) is 10.6 Å². The summed E-state index contributed by atoms with van der Waals surface area (Å²) in [5.74, 6) is -1.42. The Bertz CT molecular complexity index is 491. The maximum Gasteiger partial charge on any atom is 0.321 e. The fourth-order valence-electron chi connectivity index (χ4n) is 1.54. The van der Waals surface area contributed by atoms with Gasteiger partial charge in [-0.25, -0.2) is 4.79 Å². The first-order valence-electron chi connectivity index (χ1n) is 6.24. The number of aryl methyl sites for hydroxylation is 2. The molecule has 0 aromatic carbocycles. The molecule has 1 heterocycles. The first-order chi connectivity index (χ1) is 9.38. The van der Waals surface area contributed by atoms with Crippen LogP contribution in [0.5, 0.6) is 0 Å². The highest BCUT2D eigenvalue weighted by Crippen LogP contribution is 2.20. The van der Waals surface area contributed by atoms with Crippen molar-refractivity contribution in [1.82, 2.24) is 10.6 Å². The van der Waals surface area contributed by atoms with E-state index in [1.807, 2.05) is 19.9 Å². The lowest BCUT2D eigenvalue weighted by atomic mass is 10.2. The van der Waals surface area contributed by atoms with Crippen LogP contribution >= 0.6 is 11.3 Å². The molecule has 7 heteroatoms. The van der Waals surface area contributed by atoms with E-state index in [4.69, 9.17) is 5.11 Å². The molecule has 0 spiro atoms. The van der Waals surface area contributed by atoms with E-state index in [0.29, 0.717) is 6.54 Å². The molecule has 0 aliphatic rings. The first-order valence-corrected chi connectivity index (χ1v) is 7.05. The number of hydrogen-bond donors (Lipinski definition) is 3. The summed E-state index contributed by atoms with van der Waals surface area (Å²) in [5.41, 5.74) is 1.18. The molecule has 3 amide bonds. The Morgan fingerprint density at radius 3 is 2.50 bits per heavy atom. The quantitative estimate of drug-likeness (QED) is 0.748. The number of nitrogens with one attached hydrogen (secondary N) is 2. The van der Waals surface area contributed by atoms with Gasteiger partial charge in [0.15, 0.2) is 0 Å². The van der Waals surface area contributed by atoms with Crippen molar-refractivity contribution in [2.75, 3.05) is 0 Å². The van der Waals surface area contributed by atoms with Crippen LogP contribution in [0, 0.1) is 13.8 Å². The maximum atomic E-state index is 11.5. The average Bonchev–Trinajstić information content (AvgIpc) is 2.66. The van der Waals surface area contributed by atoms with Crippen LogP contribution in [0.4, 0.5) is 4.79 Å². The van der Waals surface area contributed by atoms with Crippen LogP contribution in [0.2, 0.25) is 0 Å². The monoisotopic (exact) mass is 298 g/mol. The lowest BCUT2D eigenvalue weighted by Crippen LogP contribution is -2.38. The fraction of sp³-hybridized carbons (Fsp3) is 0.462. The van der Waals surface area contributed by atoms with Crippen molar-refractivity contribution < 1.29 is 19.5 Å². The van der Waals surface area contributed by atoms with E-state index in [1.165, 1.54) is 10.4 Å². The first kappa shape index (κ1) is 16.2. The molecule has 0 aliphatic carbocycles. The smallest absolute Gasteiger partial charge is 0.321 e. The van der Waals surface area contributed by atoms with Gasteiger partial charge in [0.1, 0.15) is 0 Å². The molecule has 0 fully saturated rings. The highest BCUT2D eigenvalue weighted by molar-refractivity contribution is 7.12. The van der Waals surface area contributed by atoms with E-state index in [0.717, 1.165) is 4.88 Å². The third-order valence-electron chi connectivity index (χ3n) is 2.69. The van der Waals surface area contributed by atoms with Crippen molar-refractivity contribution in [2.24, 2.45) is 0 Å². The number of urea groups is 1. The van der Waals surface area contributed by atoms with Crippen molar-refractivity contribution in [3.05, 3.63) is 21.4 Å². The number of aliphatic carboxylic acids is 1. The predicted molar refractivity (Wildman–Crippen MR) is 75.7 cm³/mol. The Morgan fingerprint density at radius 2 is 1.95 bits per heavy atom. The number of carboxylic acids is 1. The molecular formula is C13H18N2O4S. The number of carbonyl (C=O) groups is 3. The zero-order valence-electron chi connectivity index (χ0n) is 11.5. The molecule has 1 rings (SSSR count). The molecule has 0 unspecified atom stereocenters. The van der Waals surface area contributed by atoms with Crippen LogP contribution in [0.3, 0.4) is 0 Å². The average molecular weight is 298 g/mol. The molecule has 0 aliphatic heterocycles. The molecule has 1 aromatic rings. The van der Waals surface area contributed by atoms with Gasteiger partial charge in [0.25, 0.3) is 0 Å². The second-order valence-electron chi connectivity index (χ2n) is 4.43. The van der Waals surface area contributed by atoms with Gasteiger partial charge in [-0.1, -0.05) is 0 Å². The van der Waals surface area contributed by atoms with Crippen LogP contribution in [0.1, 0.15) is 34.6 Å². The van der Waals surface area contributed by atoms with Gasteiger partial charge in [-0.05, 0) is 31.9 Å². The van der Waals surface area contributed by atoms with Gasteiger partial charge >= 0.3 is 12.0 Å². The molecular weight excluding hydrogens is 280 g/mol. The van der Waals surface area contributed by atoms with E-state index in [1.54, 1.807) is 11.3 Å². The molecule has 0 radical (unpaired) electrons. The molecule has 0 bridgehead atoms. The Kier molecular flexibility index (Phi) is 6.17. The normalized spacial score (nSPS) is 10.1. The van der Waals surface area contributed by atoms with Crippen molar-refractivity contribution in [3.8, 4) is 0 Å². The molecule has 20 heavy (non-hydrogen) atoms. The third kappa shape index (κ3) is 5.83. The molecule has 1 aromatic heterocycles. The van der Waals surface area contributed by atoms with Crippen molar-refractivity contribution in [2.45, 2.75) is 39.7 Å². The molecule has 0 saturated heterocycles. The van der Waals surface area contributed by atoms with Gasteiger partial charge in [-0.15, -0.1) is 11.3 Å². The van der Waals surface area contributed by atoms with E-state index < -0.39 is 17.9 Å². The number of imide groups is 1. The minimum atomic E-state index is -0.953. The maximum absolute atomic E-state index is 11.5. The summed E-state index contributed by atoms with van der Waals surface area (Å²) >= 11 is 1.60. The van der Waals surface area contributed by atoms with Crippen molar-refractivity contribution in [3.63, 3.8) is 0 Å². The summed E-state index contributed by atoms with van der Waals surface area (Å²) in [6.07, 6.45) is 0.164. The highest BCUT2D eigenvalue weighted by Gasteiger charge is 2.09. The van der Waals surface area contributed by atoms with Crippen LogP contribution in [0.25, 0.3) is 0 Å². The largest absolute Gasteiger partial charge is 0.481 e.